The summed E-state index contributed by atoms with van der Waals surface area (Å²) in [6.07, 6.45) is 0.588. The Morgan fingerprint density at radius 3 is 2.57 bits per heavy atom. The van der Waals surface area contributed by atoms with Crippen LogP contribution in [0.4, 0.5) is 0 Å². The Kier molecular flexibility index (Phi) is 4.65. The topological polar surface area (TPSA) is 92.5 Å². The average Bonchev–Trinajstić information content (AvgIpc) is 2.81. The summed E-state index contributed by atoms with van der Waals surface area (Å²) in [6, 6.07) is 7.38. The van der Waals surface area contributed by atoms with Gasteiger partial charge in [-0.3, -0.25) is 4.79 Å². The van der Waals surface area contributed by atoms with E-state index in [4.69, 9.17) is 5.73 Å². The van der Waals surface area contributed by atoms with Gasteiger partial charge in [0.15, 0.2) is 0 Å². The monoisotopic (exact) mass is 311 g/mol. The zero-order valence-electron chi connectivity index (χ0n) is 12.2. The summed E-state index contributed by atoms with van der Waals surface area (Å²) >= 11 is 0. The van der Waals surface area contributed by atoms with Gasteiger partial charge in [0.1, 0.15) is 0 Å². The van der Waals surface area contributed by atoms with Crippen molar-refractivity contribution in [2.24, 2.45) is 5.73 Å². The quantitative estimate of drug-likeness (QED) is 0.836. The summed E-state index contributed by atoms with van der Waals surface area (Å²) in [7, 11) is -3.53. The highest BCUT2D eigenvalue weighted by molar-refractivity contribution is 7.89. The molecule has 1 heterocycles. The fourth-order valence-electron chi connectivity index (χ4n) is 2.50. The summed E-state index contributed by atoms with van der Waals surface area (Å²) in [4.78, 5) is 11.9. The lowest BCUT2D eigenvalue weighted by Crippen LogP contribution is -2.45. The van der Waals surface area contributed by atoms with Crippen LogP contribution in [0.15, 0.2) is 35.2 Å². The number of hydrogen-bond acceptors (Lipinski definition) is 4. The van der Waals surface area contributed by atoms with Crippen LogP contribution in [0.1, 0.15) is 20.3 Å². The van der Waals surface area contributed by atoms with Crippen molar-refractivity contribution in [2.75, 3.05) is 6.54 Å². The van der Waals surface area contributed by atoms with E-state index in [-0.39, 0.29) is 29.4 Å². The maximum atomic E-state index is 12.6. The van der Waals surface area contributed by atoms with Crippen LogP contribution >= 0.6 is 0 Å². The minimum Gasteiger partial charge on any atom is -0.351 e. The molecule has 21 heavy (non-hydrogen) atoms. The van der Waals surface area contributed by atoms with Crippen molar-refractivity contribution in [3.05, 3.63) is 30.3 Å². The van der Waals surface area contributed by atoms with Crippen LogP contribution in [0.3, 0.4) is 0 Å². The van der Waals surface area contributed by atoms with Crippen LogP contribution in [0.5, 0.6) is 0 Å². The Balaban J connectivity index is 2.13. The summed E-state index contributed by atoms with van der Waals surface area (Å²) in [6.45, 7) is 3.72. The largest absolute Gasteiger partial charge is 0.351 e. The van der Waals surface area contributed by atoms with Gasteiger partial charge < -0.3 is 11.1 Å². The van der Waals surface area contributed by atoms with Gasteiger partial charge in [0.05, 0.1) is 10.9 Å². The molecule has 0 bridgehead atoms. The van der Waals surface area contributed by atoms with Crippen LogP contribution < -0.4 is 11.1 Å². The highest BCUT2D eigenvalue weighted by Crippen LogP contribution is 2.25. The maximum Gasteiger partial charge on any atom is 0.243 e. The zero-order chi connectivity index (χ0) is 15.6. The smallest absolute Gasteiger partial charge is 0.243 e. The number of hydrogen-bond donors (Lipinski definition) is 2. The number of rotatable bonds is 4. The first-order chi connectivity index (χ1) is 9.82. The molecule has 1 saturated heterocycles. The van der Waals surface area contributed by atoms with E-state index >= 15 is 0 Å². The normalized spacial score (nSPS) is 24.7. The predicted octanol–water partition coefficient (Wildman–Crippen LogP) is 0.302. The minimum absolute atomic E-state index is 0.159. The highest BCUT2D eigenvalue weighted by Gasteiger charge is 2.38. The second kappa shape index (κ2) is 6.13. The third-order valence-corrected chi connectivity index (χ3v) is 5.62. The summed E-state index contributed by atoms with van der Waals surface area (Å²) in [5.74, 6) is -0.258. The van der Waals surface area contributed by atoms with Crippen molar-refractivity contribution in [1.82, 2.24) is 9.62 Å². The van der Waals surface area contributed by atoms with E-state index in [0.717, 1.165) is 0 Å². The van der Waals surface area contributed by atoms with E-state index in [1.807, 2.05) is 6.92 Å². The van der Waals surface area contributed by atoms with Crippen molar-refractivity contribution in [3.8, 4) is 0 Å². The van der Waals surface area contributed by atoms with E-state index in [0.29, 0.717) is 6.42 Å². The molecule has 3 atom stereocenters. The molecule has 2 rings (SSSR count). The Morgan fingerprint density at radius 2 is 2.00 bits per heavy atom. The summed E-state index contributed by atoms with van der Waals surface area (Å²) < 4.78 is 26.6. The van der Waals surface area contributed by atoms with Gasteiger partial charge in [-0.25, -0.2) is 8.42 Å². The molecule has 0 spiro atoms. The van der Waals surface area contributed by atoms with Crippen molar-refractivity contribution in [3.63, 3.8) is 0 Å². The first-order valence-corrected chi connectivity index (χ1v) is 8.39. The number of carbonyl (C=O) groups is 1. The Hall–Kier alpha value is -1.44. The Bertz CT molecular complexity index is 601. The number of amides is 1. The van der Waals surface area contributed by atoms with Crippen molar-refractivity contribution < 1.29 is 13.2 Å². The molecule has 116 valence electrons. The van der Waals surface area contributed by atoms with Gasteiger partial charge in [-0.15, -0.1) is 0 Å². The number of nitrogens with one attached hydrogen (secondary N) is 1. The molecule has 3 N–H and O–H groups in total. The van der Waals surface area contributed by atoms with Crippen molar-refractivity contribution in [2.45, 2.75) is 43.3 Å². The standard InChI is InChI=1S/C14H21N3O3S/c1-10-8-12(16-14(18)11(2)15)9-17(10)21(19,20)13-6-4-3-5-7-13/h3-7,10-12H,8-9,15H2,1-2H3,(H,16,18)/t10-,11?,12+/m1/s1. The maximum absolute atomic E-state index is 12.6. The minimum atomic E-state index is -3.53. The van der Waals surface area contributed by atoms with Gasteiger partial charge in [0, 0.05) is 18.6 Å². The number of benzene rings is 1. The molecular formula is C14H21N3O3S. The summed E-state index contributed by atoms with van der Waals surface area (Å²) in [5, 5.41) is 2.79. The molecule has 1 unspecified atom stereocenters. The predicted molar refractivity (Wildman–Crippen MR) is 80.0 cm³/mol. The Labute approximate surface area is 125 Å². The van der Waals surface area contributed by atoms with Gasteiger partial charge in [-0.05, 0) is 32.4 Å². The SMILES string of the molecule is CC(N)C(=O)N[C@H]1C[C@@H](C)N(S(=O)(=O)c2ccccc2)C1. The van der Waals surface area contributed by atoms with Gasteiger partial charge in [0.25, 0.3) is 0 Å². The number of sulfonamides is 1. The molecule has 1 amide bonds. The molecule has 0 radical (unpaired) electrons. The van der Waals surface area contributed by atoms with Crippen LogP contribution in [0.2, 0.25) is 0 Å². The van der Waals surface area contributed by atoms with E-state index in [2.05, 4.69) is 5.32 Å². The number of carbonyl (C=O) groups excluding carboxylic acids is 1. The van der Waals surface area contributed by atoms with Gasteiger partial charge in [0.2, 0.25) is 15.9 Å². The molecule has 0 aromatic heterocycles. The average molecular weight is 311 g/mol. The molecule has 1 fully saturated rings. The van der Waals surface area contributed by atoms with Gasteiger partial charge in [-0.1, -0.05) is 18.2 Å². The number of nitrogens with zero attached hydrogens (tertiary/aromatic N) is 1. The molecule has 0 saturated carbocycles. The van der Waals surface area contributed by atoms with Crippen LogP contribution in [-0.2, 0) is 14.8 Å². The zero-order valence-corrected chi connectivity index (χ0v) is 13.0. The fourth-order valence-corrected chi connectivity index (χ4v) is 4.21. The van der Waals surface area contributed by atoms with E-state index in [9.17, 15) is 13.2 Å². The lowest BCUT2D eigenvalue weighted by molar-refractivity contribution is -0.122. The third kappa shape index (κ3) is 3.42. The van der Waals surface area contributed by atoms with E-state index in [1.165, 1.54) is 4.31 Å². The highest BCUT2D eigenvalue weighted by atomic mass is 32.2. The van der Waals surface area contributed by atoms with Gasteiger partial charge >= 0.3 is 0 Å². The fraction of sp³-hybridized carbons (Fsp3) is 0.500. The third-order valence-electron chi connectivity index (χ3n) is 3.63. The molecule has 0 aliphatic carbocycles. The molecule has 1 aliphatic rings. The van der Waals surface area contributed by atoms with Gasteiger partial charge in [-0.2, -0.15) is 4.31 Å². The first kappa shape index (κ1) is 15.9. The Morgan fingerprint density at radius 1 is 1.38 bits per heavy atom. The van der Waals surface area contributed by atoms with Crippen molar-refractivity contribution >= 4 is 15.9 Å². The van der Waals surface area contributed by atoms with Crippen LogP contribution in [0, 0.1) is 0 Å². The summed E-state index contributed by atoms with van der Waals surface area (Å²) in [5.41, 5.74) is 5.52. The molecule has 1 aromatic carbocycles. The van der Waals surface area contributed by atoms with Crippen LogP contribution in [-0.4, -0.2) is 43.3 Å². The second-order valence-corrected chi connectivity index (χ2v) is 7.36. The second-order valence-electron chi connectivity index (χ2n) is 5.47. The number of nitrogens with two attached hydrogens (primary N) is 1. The van der Waals surface area contributed by atoms with E-state index < -0.39 is 16.1 Å². The van der Waals surface area contributed by atoms with Crippen LogP contribution in [0.25, 0.3) is 0 Å². The molecule has 7 heteroatoms. The first-order valence-electron chi connectivity index (χ1n) is 6.95. The molecule has 1 aliphatic heterocycles. The van der Waals surface area contributed by atoms with Crippen molar-refractivity contribution in [1.29, 1.82) is 0 Å². The lowest BCUT2D eigenvalue weighted by Gasteiger charge is -2.21. The molecular weight excluding hydrogens is 290 g/mol. The lowest BCUT2D eigenvalue weighted by atomic mass is 10.2. The molecule has 6 nitrogen and oxygen atoms in total. The van der Waals surface area contributed by atoms with E-state index in [1.54, 1.807) is 37.3 Å². The molecule has 1 aromatic rings.